The number of hydrogen-bond acceptors (Lipinski definition) is 5. The molecule has 0 aromatic heterocycles. The van der Waals surface area contributed by atoms with Crippen LogP contribution >= 0.6 is 11.8 Å². The van der Waals surface area contributed by atoms with Gasteiger partial charge in [-0.1, -0.05) is 12.1 Å². The van der Waals surface area contributed by atoms with Crippen molar-refractivity contribution in [1.82, 2.24) is 10.6 Å². The first kappa shape index (κ1) is 18.3. The molecule has 6 nitrogen and oxygen atoms in total. The number of rotatable bonds is 7. The number of nitrogens with one attached hydrogen (secondary N) is 2. The van der Waals surface area contributed by atoms with Crippen LogP contribution in [0.2, 0.25) is 0 Å². The Balaban J connectivity index is 2.42. The van der Waals surface area contributed by atoms with Crippen molar-refractivity contribution in [2.75, 3.05) is 25.7 Å². The van der Waals surface area contributed by atoms with Crippen molar-refractivity contribution < 1.29 is 19.4 Å². The molecule has 122 valence electrons. The van der Waals surface area contributed by atoms with Crippen LogP contribution in [0.15, 0.2) is 24.3 Å². The summed E-state index contributed by atoms with van der Waals surface area (Å²) in [4.78, 5) is 23.4. The largest absolute Gasteiger partial charge is 0.497 e. The highest BCUT2D eigenvalue weighted by atomic mass is 32.2. The SMILES string of the molecule is COc1cccc(CNC(=O)C(=O)NCC(C)(O)CSC)c1. The van der Waals surface area contributed by atoms with Crippen molar-refractivity contribution in [2.24, 2.45) is 0 Å². The van der Waals surface area contributed by atoms with Gasteiger partial charge in [-0.25, -0.2) is 0 Å². The van der Waals surface area contributed by atoms with Crippen molar-refractivity contribution in [2.45, 2.75) is 19.1 Å². The number of ether oxygens (including phenoxy) is 1. The van der Waals surface area contributed by atoms with E-state index >= 15 is 0 Å². The molecule has 0 fully saturated rings. The second-order valence-electron chi connectivity index (χ2n) is 5.15. The van der Waals surface area contributed by atoms with Gasteiger partial charge in [0, 0.05) is 18.8 Å². The molecule has 0 saturated heterocycles. The summed E-state index contributed by atoms with van der Waals surface area (Å²) in [6.07, 6.45) is 1.86. The molecule has 0 bridgehead atoms. The smallest absolute Gasteiger partial charge is 0.309 e. The van der Waals surface area contributed by atoms with E-state index in [9.17, 15) is 14.7 Å². The highest BCUT2D eigenvalue weighted by Crippen LogP contribution is 2.12. The fourth-order valence-corrected chi connectivity index (χ4v) is 2.48. The molecule has 3 N–H and O–H groups in total. The summed E-state index contributed by atoms with van der Waals surface area (Å²) in [6, 6.07) is 7.21. The summed E-state index contributed by atoms with van der Waals surface area (Å²) in [6.45, 7) is 1.86. The van der Waals surface area contributed by atoms with Gasteiger partial charge in [0.05, 0.1) is 12.7 Å². The van der Waals surface area contributed by atoms with Crippen LogP contribution in [0, 0.1) is 0 Å². The standard InChI is InChI=1S/C15H22N2O4S/c1-15(20,10-22-3)9-17-14(19)13(18)16-8-11-5-4-6-12(7-11)21-2/h4-7,20H,8-10H2,1-3H3,(H,16,18)(H,17,19). The second-order valence-corrected chi connectivity index (χ2v) is 6.01. The number of benzene rings is 1. The zero-order valence-corrected chi connectivity index (χ0v) is 13.8. The van der Waals surface area contributed by atoms with E-state index < -0.39 is 17.4 Å². The lowest BCUT2D eigenvalue weighted by Gasteiger charge is -2.22. The molecule has 0 aliphatic heterocycles. The highest BCUT2D eigenvalue weighted by Gasteiger charge is 2.22. The molecule has 1 atom stereocenters. The zero-order chi connectivity index (χ0) is 16.6. The lowest BCUT2D eigenvalue weighted by atomic mass is 10.1. The molecular weight excluding hydrogens is 304 g/mol. The zero-order valence-electron chi connectivity index (χ0n) is 13.0. The maximum absolute atomic E-state index is 11.7. The maximum Gasteiger partial charge on any atom is 0.309 e. The monoisotopic (exact) mass is 326 g/mol. The van der Waals surface area contributed by atoms with Crippen LogP contribution in [0.1, 0.15) is 12.5 Å². The van der Waals surface area contributed by atoms with E-state index in [1.807, 2.05) is 12.3 Å². The van der Waals surface area contributed by atoms with Crippen molar-refractivity contribution in [1.29, 1.82) is 0 Å². The summed E-state index contributed by atoms with van der Waals surface area (Å²) < 4.78 is 5.09. The number of amides is 2. The third kappa shape index (κ3) is 6.36. The molecule has 0 spiro atoms. The van der Waals surface area contributed by atoms with Crippen molar-refractivity contribution in [3.63, 3.8) is 0 Å². The number of hydrogen-bond donors (Lipinski definition) is 3. The number of carbonyl (C=O) groups excluding carboxylic acids is 2. The first-order chi connectivity index (χ1) is 10.4. The third-order valence-corrected chi connectivity index (χ3v) is 3.79. The average molecular weight is 326 g/mol. The lowest BCUT2D eigenvalue weighted by Crippen LogP contribution is -2.47. The minimum Gasteiger partial charge on any atom is -0.497 e. The minimum atomic E-state index is -1.04. The van der Waals surface area contributed by atoms with E-state index in [1.165, 1.54) is 11.8 Å². The van der Waals surface area contributed by atoms with Gasteiger partial charge in [0.1, 0.15) is 5.75 Å². The topological polar surface area (TPSA) is 87.7 Å². The maximum atomic E-state index is 11.7. The fourth-order valence-electron chi connectivity index (χ4n) is 1.76. The molecule has 1 unspecified atom stereocenters. The molecule has 1 rings (SSSR count). The van der Waals surface area contributed by atoms with Gasteiger partial charge in [-0.2, -0.15) is 11.8 Å². The molecule has 1 aromatic carbocycles. The van der Waals surface area contributed by atoms with E-state index in [0.29, 0.717) is 11.5 Å². The van der Waals surface area contributed by atoms with Crippen LogP contribution < -0.4 is 15.4 Å². The van der Waals surface area contributed by atoms with Gasteiger partial charge in [-0.3, -0.25) is 9.59 Å². The molecule has 1 aromatic rings. The van der Waals surface area contributed by atoms with Crippen LogP contribution in [0.4, 0.5) is 0 Å². The molecule has 2 amide bonds. The molecule has 0 heterocycles. The van der Waals surface area contributed by atoms with Crippen molar-refractivity contribution >= 4 is 23.6 Å². The van der Waals surface area contributed by atoms with Gasteiger partial charge in [0.2, 0.25) is 0 Å². The summed E-state index contributed by atoms with van der Waals surface area (Å²) in [5.41, 5.74) is -0.211. The summed E-state index contributed by atoms with van der Waals surface area (Å²) in [5, 5.41) is 14.9. The van der Waals surface area contributed by atoms with Crippen molar-refractivity contribution in [3.8, 4) is 5.75 Å². The van der Waals surface area contributed by atoms with Gasteiger partial charge in [0.25, 0.3) is 0 Å². The Morgan fingerprint density at radius 1 is 1.32 bits per heavy atom. The van der Waals surface area contributed by atoms with E-state index in [0.717, 1.165) is 5.56 Å². The predicted octanol–water partition coefficient (Wildman–Crippen LogP) is 0.542. The molecule has 0 aliphatic carbocycles. The average Bonchev–Trinajstić information content (AvgIpc) is 2.50. The van der Waals surface area contributed by atoms with Gasteiger partial charge in [0.15, 0.2) is 0 Å². The van der Waals surface area contributed by atoms with Gasteiger partial charge < -0.3 is 20.5 Å². The van der Waals surface area contributed by atoms with Crippen LogP contribution in [-0.4, -0.2) is 48.2 Å². The fraction of sp³-hybridized carbons (Fsp3) is 0.467. The number of methoxy groups -OCH3 is 1. The minimum absolute atomic E-state index is 0.0270. The molecule has 0 aliphatic rings. The van der Waals surface area contributed by atoms with Crippen molar-refractivity contribution in [3.05, 3.63) is 29.8 Å². The van der Waals surface area contributed by atoms with Crippen LogP contribution in [-0.2, 0) is 16.1 Å². The normalized spacial score (nSPS) is 13.1. The molecule has 7 heteroatoms. The first-order valence-corrected chi connectivity index (χ1v) is 8.17. The number of aliphatic hydroxyl groups is 1. The molecular formula is C15H22N2O4S. The van der Waals surface area contributed by atoms with Gasteiger partial charge in [-0.15, -0.1) is 0 Å². The molecule has 0 saturated carbocycles. The third-order valence-electron chi connectivity index (χ3n) is 2.88. The van der Waals surface area contributed by atoms with Crippen LogP contribution in [0.25, 0.3) is 0 Å². The first-order valence-electron chi connectivity index (χ1n) is 6.78. The molecule has 22 heavy (non-hydrogen) atoms. The van der Waals surface area contributed by atoms with E-state index in [4.69, 9.17) is 4.74 Å². The predicted molar refractivity (Wildman–Crippen MR) is 86.9 cm³/mol. The Morgan fingerprint density at radius 3 is 2.64 bits per heavy atom. The number of carbonyl (C=O) groups is 2. The van der Waals surface area contributed by atoms with Gasteiger partial charge >= 0.3 is 11.8 Å². The quantitative estimate of drug-likeness (QED) is 0.637. The lowest BCUT2D eigenvalue weighted by molar-refractivity contribution is -0.139. The number of thioether (sulfide) groups is 1. The highest BCUT2D eigenvalue weighted by molar-refractivity contribution is 7.98. The Labute approximate surface area is 134 Å². The second kappa shape index (κ2) is 8.65. The summed E-state index contributed by atoms with van der Waals surface area (Å²) in [7, 11) is 1.56. The Kier molecular flexibility index (Phi) is 7.20. The van der Waals surface area contributed by atoms with E-state index in [1.54, 1.807) is 32.2 Å². The van der Waals surface area contributed by atoms with E-state index in [-0.39, 0.29) is 13.1 Å². The Morgan fingerprint density at radius 2 is 2.00 bits per heavy atom. The summed E-state index contributed by atoms with van der Waals surface area (Å²) >= 11 is 1.47. The summed E-state index contributed by atoms with van der Waals surface area (Å²) in [5.74, 6) is -0.338. The van der Waals surface area contributed by atoms with E-state index in [2.05, 4.69) is 10.6 Å². The Bertz CT molecular complexity index is 520. The van der Waals surface area contributed by atoms with Crippen LogP contribution in [0.5, 0.6) is 5.75 Å². The van der Waals surface area contributed by atoms with Crippen LogP contribution in [0.3, 0.4) is 0 Å². The molecule has 0 radical (unpaired) electrons. The Hall–Kier alpha value is -1.73. The van der Waals surface area contributed by atoms with Gasteiger partial charge in [-0.05, 0) is 30.9 Å².